The Bertz CT molecular complexity index is 749. The van der Waals surface area contributed by atoms with Crippen molar-refractivity contribution in [2.75, 3.05) is 32.1 Å². The fraction of sp³-hybridized carbons (Fsp3) is 0.500. The zero-order valence-electron chi connectivity index (χ0n) is 14.2. The Morgan fingerprint density at radius 2 is 2.08 bits per heavy atom. The van der Waals surface area contributed by atoms with Crippen molar-refractivity contribution in [1.29, 1.82) is 0 Å². The van der Waals surface area contributed by atoms with Crippen molar-refractivity contribution in [3.8, 4) is 0 Å². The number of rotatable bonds is 4. The van der Waals surface area contributed by atoms with Crippen molar-refractivity contribution < 1.29 is 4.79 Å². The van der Waals surface area contributed by atoms with Crippen LogP contribution in [-0.2, 0) is 0 Å². The summed E-state index contributed by atoms with van der Waals surface area (Å²) in [6.07, 6.45) is 5.47. The maximum absolute atomic E-state index is 12.8. The minimum Gasteiger partial charge on any atom is -0.378 e. The van der Waals surface area contributed by atoms with E-state index in [2.05, 4.69) is 16.5 Å². The molecular formula is C18H23N5O. The number of nitrogens with zero attached hydrogens (tertiary/aromatic N) is 5. The molecule has 1 amide bonds. The van der Waals surface area contributed by atoms with Gasteiger partial charge in [0, 0.05) is 50.6 Å². The van der Waals surface area contributed by atoms with Crippen molar-refractivity contribution in [1.82, 2.24) is 19.9 Å². The molecule has 0 spiro atoms. The molecule has 1 saturated heterocycles. The van der Waals surface area contributed by atoms with Gasteiger partial charge in [0.05, 0.1) is 11.7 Å². The van der Waals surface area contributed by atoms with Gasteiger partial charge in [-0.15, -0.1) is 5.10 Å². The third kappa shape index (κ3) is 2.88. The van der Waals surface area contributed by atoms with E-state index in [1.807, 2.05) is 52.8 Å². The summed E-state index contributed by atoms with van der Waals surface area (Å²) in [6, 6.07) is 8.04. The standard InChI is InChI=1S/C18H23N5O/c1-21(2)15-5-3-4-14(10-15)18(24)22-9-8-16(11-22)23-12-17(19-20-23)13-6-7-13/h3-5,10,12-13,16H,6-9,11H2,1-2H3. The predicted octanol–water partition coefficient (Wildman–Crippen LogP) is 2.31. The monoisotopic (exact) mass is 325 g/mol. The van der Waals surface area contributed by atoms with Gasteiger partial charge in [-0.2, -0.15) is 0 Å². The minimum atomic E-state index is 0.101. The number of hydrogen-bond acceptors (Lipinski definition) is 4. The molecule has 6 heteroatoms. The van der Waals surface area contributed by atoms with Gasteiger partial charge in [0.2, 0.25) is 0 Å². The molecule has 0 bridgehead atoms. The molecule has 6 nitrogen and oxygen atoms in total. The number of carbonyl (C=O) groups is 1. The first-order valence-corrected chi connectivity index (χ1v) is 8.60. The lowest BCUT2D eigenvalue weighted by atomic mass is 10.1. The average Bonchev–Trinajstić information content (AvgIpc) is 3.12. The zero-order valence-corrected chi connectivity index (χ0v) is 14.2. The molecule has 2 fully saturated rings. The fourth-order valence-corrected chi connectivity index (χ4v) is 3.28. The Kier molecular flexibility index (Phi) is 3.75. The lowest BCUT2D eigenvalue weighted by Gasteiger charge is -2.18. The Morgan fingerprint density at radius 1 is 1.25 bits per heavy atom. The minimum absolute atomic E-state index is 0.101. The van der Waals surface area contributed by atoms with Crippen LogP contribution in [0.5, 0.6) is 0 Å². The third-order valence-corrected chi connectivity index (χ3v) is 4.96. The Labute approximate surface area is 142 Å². The fourth-order valence-electron chi connectivity index (χ4n) is 3.28. The smallest absolute Gasteiger partial charge is 0.254 e. The highest BCUT2D eigenvalue weighted by Crippen LogP contribution is 2.39. The zero-order chi connectivity index (χ0) is 16.7. The van der Waals surface area contributed by atoms with Crippen LogP contribution in [-0.4, -0.2) is 53.0 Å². The summed E-state index contributed by atoms with van der Waals surface area (Å²) in [7, 11) is 3.97. The topological polar surface area (TPSA) is 54.3 Å². The van der Waals surface area contributed by atoms with Crippen LogP contribution in [0.3, 0.4) is 0 Å². The van der Waals surface area contributed by atoms with Gasteiger partial charge in [-0.25, -0.2) is 4.68 Å². The van der Waals surface area contributed by atoms with E-state index in [1.165, 1.54) is 12.8 Å². The van der Waals surface area contributed by atoms with Crippen LogP contribution in [0, 0.1) is 0 Å². The van der Waals surface area contributed by atoms with E-state index >= 15 is 0 Å². The number of likely N-dealkylation sites (tertiary alicyclic amines) is 1. The number of hydrogen-bond donors (Lipinski definition) is 0. The normalized spacial score (nSPS) is 20.4. The molecule has 1 aliphatic heterocycles. The third-order valence-electron chi connectivity index (χ3n) is 4.96. The van der Waals surface area contributed by atoms with Crippen molar-refractivity contribution in [2.45, 2.75) is 31.2 Å². The summed E-state index contributed by atoms with van der Waals surface area (Å²) in [5, 5.41) is 8.57. The molecule has 24 heavy (non-hydrogen) atoms. The first-order chi connectivity index (χ1) is 11.6. The van der Waals surface area contributed by atoms with E-state index in [-0.39, 0.29) is 11.9 Å². The lowest BCUT2D eigenvalue weighted by molar-refractivity contribution is 0.0787. The van der Waals surface area contributed by atoms with E-state index < -0.39 is 0 Å². The molecule has 2 heterocycles. The highest BCUT2D eigenvalue weighted by Gasteiger charge is 2.31. The van der Waals surface area contributed by atoms with Gasteiger partial charge in [0.25, 0.3) is 5.91 Å². The SMILES string of the molecule is CN(C)c1cccc(C(=O)N2CCC(n3cc(C4CC4)nn3)C2)c1. The van der Waals surface area contributed by atoms with Crippen molar-refractivity contribution in [2.24, 2.45) is 0 Å². The van der Waals surface area contributed by atoms with Crippen molar-refractivity contribution >= 4 is 11.6 Å². The summed E-state index contributed by atoms with van der Waals surface area (Å²) >= 11 is 0. The second kappa shape index (κ2) is 5.92. The van der Waals surface area contributed by atoms with Gasteiger partial charge in [0.15, 0.2) is 0 Å². The highest BCUT2D eigenvalue weighted by atomic mass is 16.2. The molecule has 0 radical (unpaired) electrons. The first-order valence-electron chi connectivity index (χ1n) is 8.60. The average molecular weight is 325 g/mol. The molecule has 1 aliphatic carbocycles. The van der Waals surface area contributed by atoms with Crippen LogP contribution in [0.4, 0.5) is 5.69 Å². The van der Waals surface area contributed by atoms with Crippen molar-refractivity contribution in [3.63, 3.8) is 0 Å². The van der Waals surface area contributed by atoms with Crippen LogP contribution in [0.25, 0.3) is 0 Å². The van der Waals surface area contributed by atoms with Crippen LogP contribution in [0.2, 0.25) is 0 Å². The van der Waals surface area contributed by atoms with E-state index in [1.54, 1.807) is 0 Å². The summed E-state index contributed by atoms with van der Waals surface area (Å²) in [5.41, 5.74) is 2.90. The predicted molar refractivity (Wildman–Crippen MR) is 92.3 cm³/mol. The maximum Gasteiger partial charge on any atom is 0.254 e. The van der Waals surface area contributed by atoms with Crippen molar-refractivity contribution in [3.05, 3.63) is 41.7 Å². The van der Waals surface area contributed by atoms with Gasteiger partial charge in [-0.3, -0.25) is 4.79 Å². The molecule has 2 aromatic rings. The second-order valence-corrected chi connectivity index (χ2v) is 7.04. The largest absolute Gasteiger partial charge is 0.378 e. The van der Waals surface area contributed by atoms with E-state index in [0.717, 1.165) is 29.9 Å². The number of benzene rings is 1. The second-order valence-electron chi connectivity index (χ2n) is 7.04. The molecule has 1 aromatic carbocycles. The van der Waals surface area contributed by atoms with Gasteiger partial charge in [-0.05, 0) is 37.5 Å². The number of aromatic nitrogens is 3. The van der Waals surface area contributed by atoms with Gasteiger partial charge in [0.1, 0.15) is 0 Å². The first kappa shape index (κ1) is 15.2. The Hall–Kier alpha value is -2.37. The molecule has 1 unspecified atom stereocenters. The molecular weight excluding hydrogens is 302 g/mol. The van der Waals surface area contributed by atoms with Gasteiger partial charge >= 0.3 is 0 Å². The molecule has 0 N–H and O–H groups in total. The lowest BCUT2D eigenvalue weighted by Crippen LogP contribution is -2.29. The molecule has 126 valence electrons. The highest BCUT2D eigenvalue weighted by molar-refractivity contribution is 5.95. The molecule has 1 aromatic heterocycles. The van der Waals surface area contributed by atoms with Crippen LogP contribution >= 0.6 is 0 Å². The summed E-state index contributed by atoms with van der Waals surface area (Å²) in [5.74, 6) is 0.718. The molecule has 2 aliphatic rings. The molecule has 1 saturated carbocycles. The Balaban J connectivity index is 1.45. The molecule has 1 atom stereocenters. The summed E-state index contributed by atoms with van der Waals surface area (Å²) in [6.45, 7) is 1.48. The number of amides is 1. The molecule has 4 rings (SSSR count). The maximum atomic E-state index is 12.8. The van der Waals surface area contributed by atoms with Crippen LogP contribution in [0.15, 0.2) is 30.5 Å². The van der Waals surface area contributed by atoms with E-state index in [0.29, 0.717) is 12.5 Å². The van der Waals surface area contributed by atoms with Crippen LogP contribution < -0.4 is 4.90 Å². The van der Waals surface area contributed by atoms with E-state index in [9.17, 15) is 4.79 Å². The summed E-state index contributed by atoms with van der Waals surface area (Å²) < 4.78 is 1.96. The van der Waals surface area contributed by atoms with Gasteiger partial charge < -0.3 is 9.80 Å². The summed E-state index contributed by atoms with van der Waals surface area (Å²) in [4.78, 5) is 16.7. The van der Waals surface area contributed by atoms with E-state index in [4.69, 9.17) is 0 Å². The Morgan fingerprint density at radius 3 is 2.83 bits per heavy atom. The van der Waals surface area contributed by atoms with Crippen LogP contribution in [0.1, 0.15) is 47.3 Å². The number of anilines is 1. The number of carbonyl (C=O) groups excluding carboxylic acids is 1. The van der Waals surface area contributed by atoms with Gasteiger partial charge in [-0.1, -0.05) is 11.3 Å². The quantitative estimate of drug-likeness (QED) is 0.865.